The number of piperidine rings is 1. The molecule has 5 heteroatoms. The van der Waals surface area contributed by atoms with E-state index >= 15 is 0 Å². The monoisotopic (exact) mass is 371 g/mol. The SMILES string of the molecule is Cc1ccc(C(=O)[C@H](C)[C@H]2[C@H](C(=O)N3CCCCC3)C(=O)OC2(C)C)cc1. The third-order valence-electron chi connectivity index (χ3n) is 6.00. The molecular formula is C22H29NO4. The molecule has 2 heterocycles. The molecule has 0 N–H and O–H groups in total. The Bertz CT molecular complexity index is 731. The molecule has 146 valence electrons. The molecule has 0 unspecified atom stereocenters. The fourth-order valence-corrected chi connectivity index (χ4v) is 4.54. The van der Waals surface area contributed by atoms with Crippen molar-refractivity contribution in [2.24, 2.45) is 17.8 Å². The molecule has 0 spiro atoms. The maximum Gasteiger partial charge on any atom is 0.319 e. The first-order valence-corrected chi connectivity index (χ1v) is 9.85. The Hall–Kier alpha value is -2.17. The Morgan fingerprint density at radius 2 is 1.70 bits per heavy atom. The number of ether oxygens (including phenoxy) is 1. The summed E-state index contributed by atoms with van der Waals surface area (Å²) in [5.74, 6) is -2.60. The molecule has 0 radical (unpaired) electrons. The minimum absolute atomic E-state index is 0.0529. The number of hydrogen-bond acceptors (Lipinski definition) is 4. The van der Waals surface area contributed by atoms with Crippen molar-refractivity contribution >= 4 is 17.7 Å². The van der Waals surface area contributed by atoms with E-state index in [0.29, 0.717) is 18.7 Å². The van der Waals surface area contributed by atoms with E-state index in [-0.39, 0.29) is 11.7 Å². The number of carbonyl (C=O) groups is 3. The van der Waals surface area contributed by atoms with Crippen molar-refractivity contribution in [3.8, 4) is 0 Å². The van der Waals surface area contributed by atoms with Gasteiger partial charge in [-0.15, -0.1) is 0 Å². The van der Waals surface area contributed by atoms with Crippen LogP contribution in [0.2, 0.25) is 0 Å². The van der Waals surface area contributed by atoms with E-state index in [1.807, 2.05) is 26.0 Å². The van der Waals surface area contributed by atoms with E-state index in [2.05, 4.69) is 0 Å². The van der Waals surface area contributed by atoms with Gasteiger partial charge in [0.1, 0.15) is 11.5 Å². The van der Waals surface area contributed by atoms with Gasteiger partial charge in [0, 0.05) is 30.5 Å². The fraction of sp³-hybridized carbons (Fsp3) is 0.591. The fourth-order valence-electron chi connectivity index (χ4n) is 4.54. The molecule has 0 aromatic heterocycles. The van der Waals surface area contributed by atoms with Crippen molar-refractivity contribution in [2.75, 3.05) is 13.1 Å². The molecule has 0 saturated carbocycles. The van der Waals surface area contributed by atoms with Crippen molar-refractivity contribution in [3.05, 3.63) is 35.4 Å². The minimum atomic E-state index is -0.900. The molecule has 27 heavy (non-hydrogen) atoms. The Balaban J connectivity index is 1.88. The Kier molecular flexibility index (Phi) is 5.41. The molecule has 1 aromatic rings. The number of Topliss-reactive ketones (excluding diaryl/α,β-unsaturated/α-hetero) is 1. The highest BCUT2D eigenvalue weighted by Crippen LogP contribution is 2.44. The molecule has 2 aliphatic rings. The van der Waals surface area contributed by atoms with Gasteiger partial charge in [0.2, 0.25) is 5.91 Å². The van der Waals surface area contributed by atoms with Gasteiger partial charge in [0.15, 0.2) is 5.78 Å². The van der Waals surface area contributed by atoms with Crippen LogP contribution in [0.1, 0.15) is 56.0 Å². The Morgan fingerprint density at radius 3 is 2.30 bits per heavy atom. The van der Waals surface area contributed by atoms with E-state index in [1.54, 1.807) is 30.9 Å². The highest BCUT2D eigenvalue weighted by atomic mass is 16.6. The number of rotatable bonds is 4. The van der Waals surface area contributed by atoms with Crippen LogP contribution in [-0.2, 0) is 14.3 Å². The predicted octanol–water partition coefficient (Wildman–Crippen LogP) is 3.39. The first kappa shape index (κ1) is 19.6. The van der Waals surface area contributed by atoms with Gasteiger partial charge in [-0.1, -0.05) is 36.8 Å². The number of benzene rings is 1. The third kappa shape index (κ3) is 3.78. The van der Waals surface area contributed by atoms with E-state index < -0.39 is 29.3 Å². The summed E-state index contributed by atoms with van der Waals surface area (Å²) >= 11 is 0. The number of amides is 1. The summed E-state index contributed by atoms with van der Waals surface area (Å²) in [5, 5.41) is 0. The maximum atomic E-state index is 13.1. The molecule has 1 amide bonds. The summed E-state index contributed by atoms with van der Waals surface area (Å²) in [6, 6.07) is 7.41. The lowest BCUT2D eigenvalue weighted by Gasteiger charge is -2.34. The minimum Gasteiger partial charge on any atom is -0.459 e. The van der Waals surface area contributed by atoms with Gasteiger partial charge in [-0.05, 0) is 40.0 Å². The van der Waals surface area contributed by atoms with Crippen LogP contribution in [0.5, 0.6) is 0 Å². The number of carbonyl (C=O) groups excluding carboxylic acids is 3. The maximum absolute atomic E-state index is 13.1. The van der Waals surface area contributed by atoms with Crippen LogP contribution in [0.15, 0.2) is 24.3 Å². The summed E-state index contributed by atoms with van der Waals surface area (Å²) in [4.78, 5) is 40.6. The van der Waals surface area contributed by atoms with Crippen molar-refractivity contribution in [1.29, 1.82) is 0 Å². The van der Waals surface area contributed by atoms with Gasteiger partial charge in [-0.25, -0.2) is 0 Å². The molecular weight excluding hydrogens is 342 g/mol. The van der Waals surface area contributed by atoms with E-state index in [0.717, 1.165) is 24.8 Å². The Labute approximate surface area is 161 Å². The lowest BCUT2D eigenvalue weighted by molar-refractivity contribution is -0.153. The molecule has 2 fully saturated rings. The number of hydrogen-bond donors (Lipinski definition) is 0. The second-order valence-electron chi connectivity index (χ2n) is 8.43. The van der Waals surface area contributed by atoms with Gasteiger partial charge in [-0.3, -0.25) is 14.4 Å². The topological polar surface area (TPSA) is 63.7 Å². The standard InChI is InChI=1S/C22H29NO4/c1-14-8-10-16(11-9-14)19(24)15(2)18-17(21(26)27-22(18,3)4)20(25)23-12-6-5-7-13-23/h8-11,15,17-18H,5-7,12-13H2,1-4H3/t15-,17-,18+/m1/s1. The number of ketones is 1. The number of cyclic esters (lactones) is 1. The molecule has 3 atom stereocenters. The summed E-state index contributed by atoms with van der Waals surface area (Å²) in [6.45, 7) is 8.74. The van der Waals surface area contributed by atoms with Crippen molar-refractivity contribution in [3.63, 3.8) is 0 Å². The molecule has 3 rings (SSSR count). The van der Waals surface area contributed by atoms with Gasteiger partial charge in [-0.2, -0.15) is 0 Å². The van der Waals surface area contributed by atoms with Gasteiger partial charge >= 0.3 is 5.97 Å². The molecule has 5 nitrogen and oxygen atoms in total. The summed E-state index contributed by atoms with van der Waals surface area (Å²) in [7, 11) is 0. The molecule has 2 saturated heterocycles. The van der Waals surface area contributed by atoms with Crippen LogP contribution in [-0.4, -0.2) is 41.3 Å². The van der Waals surface area contributed by atoms with Crippen molar-refractivity contribution in [1.82, 2.24) is 4.90 Å². The average molecular weight is 371 g/mol. The predicted molar refractivity (Wildman–Crippen MR) is 102 cm³/mol. The van der Waals surface area contributed by atoms with Crippen LogP contribution >= 0.6 is 0 Å². The summed E-state index contributed by atoms with van der Waals surface area (Å²) in [6.07, 6.45) is 3.02. The van der Waals surface area contributed by atoms with E-state index in [1.165, 1.54) is 0 Å². The normalized spacial score (nSPS) is 25.8. The van der Waals surface area contributed by atoms with Crippen LogP contribution in [0, 0.1) is 24.7 Å². The first-order chi connectivity index (χ1) is 12.7. The molecule has 1 aromatic carbocycles. The third-order valence-corrected chi connectivity index (χ3v) is 6.00. The van der Waals surface area contributed by atoms with Gasteiger partial charge < -0.3 is 9.64 Å². The number of nitrogens with zero attached hydrogens (tertiary/aromatic N) is 1. The molecule has 0 aliphatic carbocycles. The van der Waals surface area contributed by atoms with Crippen LogP contribution in [0.4, 0.5) is 0 Å². The van der Waals surface area contributed by atoms with E-state index in [9.17, 15) is 14.4 Å². The summed E-state index contributed by atoms with van der Waals surface area (Å²) in [5.41, 5.74) is 0.831. The van der Waals surface area contributed by atoms with Gasteiger partial charge in [0.05, 0.1) is 0 Å². The second-order valence-corrected chi connectivity index (χ2v) is 8.43. The lowest BCUT2D eigenvalue weighted by Crippen LogP contribution is -2.47. The van der Waals surface area contributed by atoms with Gasteiger partial charge in [0.25, 0.3) is 0 Å². The van der Waals surface area contributed by atoms with Crippen LogP contribution < -0.4 is 0 Å². The second kappa shape index (κ2) is 7.45. The summed E-state index contributed by atoms with van der Waals surface area (Å²) < 4.78 is 5.57. The number of esters is 1. The number of likely N-dealkylation sites (tertiary alicyclic amines) is 1. The van der Waals surface area contributed by atoms with Crippen LogP contribution in [0.3, 0.4) is 0 Å². The molecule has 2 aliphatic heterocycles. The first-order valence-electron chi connectivity index (χ1n) is 9.85. The lowest BCUT2D eigenvalue weighted by atomic mass is 9.72. The highest BCUT2D eigenvalue weighted by molar-refractivity contribution is 6.03. The van der Waals surface area contributed by atoms with E-state index in [4.69, 9.17) is 4.74 Å². The number of aryl methyl sites for hydroxylation is 1. The zero-order valence-electron chi connectivity index (χ0n) is 16.7. The highest BCUT2D eigenvalue weighted by Gasteiger charge is 2.57. The Morgan fingerprint density at radius 1 is 1.11 bits per heavy atom. The largest absolute Gasteiger partial charge is 0.459 e. The molecule has 0 bridgehead atoms. The van der Waals surface area contributed by atoms with Crippen molar-refractivity contribution < 1.29 is 19.1 Å². The zero-order chi connectivity index (χ0) is 19.8. The zero-order valence-corrected chi connectivity index (χ0v) is 16.7. The van der Waals surface area contributed by atoms with Crippen LogP contribution in [0.25, 0.3) is 0 Å². The smallest absolute Gasteiger partial charge is 0.319 e. The van der Waals surface area contributed by atoms with Crippen molar-refractivity contribution in [2.45, 2.75) is 52.6 Å². The quantitative estimate of drug-likeness (QED) is 0.462. The average Bonchev–Trinajstić information content (AvgIpc) is 2.89.